The maximum atomic E-state index is 3.29. The fourth-order valence-electron chi connectivity index (χ4n) is 2.06. The summed E-state index contributed by atoms with van der Waals surface area (Å²) in [5.41, 5.74) is 2.79. The number of rotatable bonds is 4. The molecule has 3 heteroatoms. The van der Waals surface area contributed by atoms with E-state index in [4.69, 9.17) is 0 Å². The van der Waals surface area contributed by atoms with E-state index in [0.717, 1.165) is 24.7 Å². The number of allylic oxidation sites excluding steroid dienone is 8. The van der Waals surface area contributed by atoms with E-state index in [2.05, 4.69) is 64.2 Å². The van der Waals surface area contributed by atoms with Crippen LogP contribution in [0.5, 0.6) is 0 Å². The van der Waals surface area contributed by atoms with Gasteiger partial charge in [-0.25, -0.2) is 23.3 Å². The van der Waals surface area contributed by atoms with Crippen LogP contribution in [0.15, 0.2) is 35.5 Å². The third kappa shape index (κ3) is 13.6. The van der Waals surface area contributed by atoms with Gasteiger partial charge in [0.1, 0.15) is 0 Å². The van der Waals surface area contributed by atoms with Gasteiger partial charge in [0.25, 0.3) is 0 Å². The van der Waals surface area contributed by atoms with Gasteiger partial charge in [0.2, 0.25) is 0 Å². The Morgan fingerprint density at radius 3 is 1.33 bits per heavy atom. The minimum atomic E-state index is 0. The molecule has 2 aliphatic carbocycles. The quantitative estimate of drug-likeness (QED) is 0.407. The molecule has 0 fully saturated rings. The van der Waals surface area contributed by atoms with Crippen LogP contribution in [-0.2, 0) is 21.7 Å². The molecule has 0 saturated carbocycles. The van der Waals surface area contributed by atoms with Crippen LogP contribution in [0.3, 0.4) is 0 Å². The van der Waals surface area contributed by atoms with E-state index >= 15 is 0 Å². The summed E-state index contributed by atoms with van der Waals surface area (Å²) in [6, 6.07) is 0. The van der Waals surface area contributed by atoms with Gasteiger partial charge < -0.3 is 0 Å². The first-order chi connectivity index (χ1) is 8.58. The Hall–Kier alpha value is 0.254. The van der Waals surface area contributed by atoms with Gasteiger partial charge in [-0.15, -0.1) is 37.7 Å². The Morgan fingerprint density at radius 1 is 0.810 bits per heavy atom. The molecule has 0 aromatic rings. The van der Waals surface area contributed by atoms with E-state index < -0.39 is 0 Å². The topological polar surface area (TPSA) is 0 Å². The van der Waals surface area contributed by atoms with Crippen LogP contribution in [0.4, 0.5) is 0 Å². The summed E-state index contributed by atoms with van der Waals surface area (Å²) >= 11 is 0. The zero-order valence-corrected chi connectivity index (χ0v) is 16.8. The van der Waals surface area contributed by atoms with Crippen LogP contribution in [-0.4, -0.2) is 0 Å². The summed E-state index contributed by atoms with van der Waals surface area (Å²) in [6.07, 6.45) is 19.7. The minimum absolute atomic E-state index is 0. The van der Waals surface area contributed by atoms with Gasteiger partial charge in [-0.1, -0.05) is 40.5 Å². The largest absolute Gasteiger partial charge is 2.00 e. The van der Waals surface area contributed by atoms with Crippen molar-refractivity contribution in [2.75, 3.05) is 0 Å². The van der Waals surface area contributed by atoms with Crippen LogP contribution in [0.2, 0.25) is 0 Å². The van der Waals surface area contributed by atoms with Crippen LogP contribution >= 0.6 is 24.8 Å². The summed E-state index contributed by atoms with van der Waals surface area (Å²) in [5, 5.41) is 0. The Morgan fingerprint density at radius 2 is 1.14 bits per heavy atom. The SMILES string of the molecule is CC(C)CC1=[C-]CC=C1.CC(C)CC1=[C-]CC=C1.Cl.Cl.[Ti+2]. The Labute approximate surface area is 158 Å². The van der Waals surface area contributed by atoms with Crippen molar-refractivity contribution in [2.45, 2.75) is 53.4 Å². The maximum Gasteiger partial charge on any atom is 2.00 e. The van der Waals surface area contributed by atoms with Crippen molar-refractivity contribution in [3.8, 4) is 0 Å². The molecule has 0 atom stereocenters. The average Bonchev–Trinajstić information content (AvgIpc) is 2.90. The second-order valence-electron chi connectivity index (χ2n) is 5.81. The first kappa shape index (κ1) is 26.2. The fourth-order valence-corrected chi connectivity index (χ4v) is 2.06. The first-order valence-electron chi connectivity index (χ1n) is 7.10. The molecule has 0 nitrogen and oxygen atoms in total. The third-order valence-corrected chi connectivity index (χ3v) is 2.79. The molecular formula is C18H28Cl2Ti. The summed E-state index contributed by atoms with van der Waals surface area (Å²) in [7, 11) is 0. The second-order valence-corrected chi connectivity index (χ2v) is 5.81. The van der Waals surface area contributed by atoms with Gasteiger partial charge in [0.05, 0.1) is 0 Å². The molecule has 0 unspecified atom stereocenters. The Bertz CT molecular complexity index is 327. The molecule has 0 aromatic heterocycles. The number of hydrogen-bond acceptors (Lipinski definition) is 0. The molecular weight excluding hydrogens is 335 g/mol. The molecule has 118 valence electrons. The molecule has 0 aromatic carbocycles. The van der Waals surface area contributed by atoms with Crippen LogP contribution in [0.25, 0.3) is 0 Å². The second kappa shape index (κ2) is 15.2. The molecule has 2 rings (SSSR count). The molecule has 2 aliphatic rings. The molecule has 0 N–H and O–H groups in total. The molecule has 0 aliphatic heterocycles. The van der Waals surface area contributed by atoms with Gasteiger partial charge in [0.15, 0.2) is 0 Å². The Kier molecular flexibility index (Phi) is 18.9. The van der Waals surface area contributed by atoms with Gasteiger partial charge >= 0.3 is 21.7 Å². The van der Waals surface area contributed by atoms with E-state index in [0.29, 0.717) is 0 Å². The molecule has 0 heterocycles. The molecule has 0 saturated heterocycles. The average molecular weight is 363 g/mol. The summed E-state index contributed by atoms with van der Waals surface area (Å²) in [5.74, 6) is 1.55. The molecule has 0 amide bonds. The predicted molar refractivity (Wildman–Crippen MR) is 94.4 cm³/mol. The van der Waals surface area contributed by atoms with Crippen molar-refractivity contribution < 1.29 is 21.7 Å². The molecule has 0 spiro atoms. The van der Waals surface area contributed by atoms with E-state index in [1.54, 1.807) is 0 Å². The first-order valence-corrected chi connectivity index (χ1v) is 7.10. The van der Waals surface area contributed by atoms with Crippen molar-refractivity contribution in [3.05, 3.63) is 47.6 Å². The van der Waals surface area contributed by atoms with Gasteiger partial charge in [0, 0.05) is 0 Å². The van der Waals surface area contributed by atoms with Crippen molar-refractivity contribution in [2.24, 2.45) is 11.8 Å². The molecule has 21 heavy (non-hydrogen) atoms. The molecule has 0 radical (unpaired) electrons. The van der Waals surface area contributed by atoms with Crippen LogP contribution in [0.1, 0.15) is 53.4 Å². The summed E-state index contributed by atoms with van der Waals surface area (Å²) < 4.78 is 0. The van der Waals surface area contributed by atoms with E-state index in [1.165, 1.54) is 24.0 Å². The maximum absolute atomic E-state index is 3.29. The van der Waals surface area contributed by atoms with Crippen molar-refractivity contribution in [1.82, 2.24) is 0 Å². The number of hydrogen-bond donors (Lipinski definition) is 0. The smallest absolute Gasteiger partial charge is 0.269 e. The van der Waals surface area contributed by atoms with E-state index in [-0.39, 0.29) is 46.5 Å². The van der Waals surface area contributed by atoms with Gasteiger partial charge in [-0.3, -0.25) is 12.2 Å². The summed E-state index contributed by atoms with van der Waals surface area (Å²) in [4.78, 5) is 0. The summed E-state index contributed by atoms with van der Waals surface area (Å²) in [6.45, 7) is 8.95. The van der Waals surface area contributed by atoms with Crippen molar-refractivity contribution in [3.63, 3.8) is 0 Å². The standard InChI is InChI=1S/2C9H13.2ClH.Ti/c2*1-8(2)7-9-5-3-4-6-9;;;/h2*3,5,8H,4,7H2,1-2H3;2*1H;/q2*-1;;;+2. The fraction of sp³-hybridized carbons (Fsp3) is 0.556. The predicted octanol–water partition coefficient (Wildman–Crippen LogP) is 6.29. The Balaban J connectivity index is -0.000000270. The zero-order valence-electron chi connectivity index (χ0n) is 13.6. The van der Waals surface area contributed by atoms with Gasteiger partial charge in [-0.05, 0) is 11.8 Å². The van der Waals surface area contributed by atoms with Gasteiger partial charge in [-0.2, -0.15) is 12.2 Å². The van der Waals surface area contributed by atoms with Crippen molar-refractivity contribution >= 4 is 24.8 Å². The normalized spacial score (nSPS) is 14.6. The van der Waals surface area contributed by atoms with E-state index in [1.807, 2.05) is 0 Å². The zero-order chi connectivity index (χ0) is 13.4. The monoisotopic (exact) mass is 362 g/mol. The number of halogens is 2. The van der Waals surface area contributed by atoms with E-state index in [9.17, 15) is 0 Å². The van der Waals surface area contributed by atoms with Crippen molar-refractivity contribution in [1.29, 1.82) is 0 Å². The van der Waals surface area contributed by atoms with Crippen LogP contribution < -0.4 is 0 Å². The third-order valence-electron chi connectivity index (χ3n) is 2.79. The van der Waals surface area contributed by atoms with Crippen LogP contribution in [0, 0.1) is 24.0 Å². The minimum Gasteiger partial charge on any atom is -0.269 e. The molecule has 0 bridgehead atoms.